The second-order valence-corrected chi connectivity index (χ2v) is 4.52. The monoisotopic (exact) mass is 335 g/mol. The lowest BCUT2D eigenvalue weighted by Gasteiger charge is -2.27. The number of amides is 2. The fourth-order valence-corrected chi connectivity index (χ4v) is 2.40. The van der Waals surface area contributed by atoms with Crippen LogP contribution in [0.25, 0.3) is 10.8 Å². The summed E-state index contributed by atoms with van der Waals surface area (Å²) >= 11 is 0. The van der Waals surface area contributed by atoms with Gasteiger partial charge in [0, 0.05) is 16.5 Å². The van der Waals surface area contributed by atoms with Crippen LogP contribution in [0.4, 0.5) is 13.2 Å². The first-order valence-electron chi connectivity index (χ1n) is 6.83. The molecule has 0 fully saturated rings. The molecule has 1 heterocycles. The van der Waals surface area contributed by atoms with Gasteiger partial charge >= 0.3 is 6.18 Å². The Kier molecular flexibility index (Phi) is 6.06. The van der Waals surface area contributed by atoms with E-state index in [0.29, 0.717) is 10.8 Å². The molecule has 0 saturated carbocycles. The molecule has 2 aromatic carbocycles. The van der Waals surface area contributed by atoms with Crippen molar-refractivity contribution in [1.29, 1.82) is 0 Å². The number of hydrogen-bond donors (Lipinski definition) is 0. The normalized spacial score (nSPS) is 12.9. The Bertz CT molecular complexity index is 716. The number of benzene rings is 2. The van der Waals surface area contributed by atoms with Gasteiger partial charge in [-0.3, -0.25) is 14.5 Å². The molecule has 3 rings (SSSR count). The first kappa shape index (κ1) is 19.2. The predicted octanol–water partition coefficient (Wildman–Crippen LogP) is 4.60. The smallest absolute Gasteiger partial charge is 0.269 e. The Morgan fingerprint density at radius 3 is 1.62 bits per heavy atom. The number of imide groups is 1. The maximum Gasteiger partial charge on any atom is 0.406 e. The summed E-state index contributed by atoms with van der Waals surface area (Å²) < 4.78 is 37.5. The minimum atomic E-state index is -4.62. The van der Waals surface area contributed by atoms with Gasteiger partial charge < -0.3 is 0 Å². The van der Waals surface area contributed by atoms with E-state index in [-0.39, 0.29) is 16.0 Å². The molecule has 0 radical (unpaired) electrons. The molecular formula is C18H16F3NO2. The molecule has 0 bridgehead atoms. The van der Waals surface area contributed by atoms with Crippen LogP contribution in [0, 0.1) is 0 Å². The van der Waals surface area contributed by atoms with Crippen LogP contribution in [0.3, 0.4) is 0 Å². The molecule has 0 aromatic heterocycles. The van der Waals surface area contributed by atoms with E-state index in [4.69, 9.17) is 0 Å². The summed E-state index contributed by atoms with van der Waals surface area (Å²) in [6.07, 6.45) is -4.62. The van der Waals surface area contributed by atoms with Gasteiger partial charge in [0.2, 0.25) is 0 Å². The van der Waals surface area contributed by atoms with Gasteiger partial charge in [-0.05, 0) is 17.5 Å². The first-order valence-corrected chi connectivity index (χ1v) is 6.83. The Morgan fingerprint density at radius 2 is 1.25 bits per heavy atom. The number of alkyl halides is 3. The molecule has 0 unspecified atom stereocenters. The zero-order valence-corrected chi connectivity index (χ0v) is 12.9. The highest BCUT2D eigenvalue weighted by molar-refractivity contribution is 6.25. The van der Waals surface area contributed by atoms with E-state index in [2.05, 4.69) is 26.3 Å². The number of hydrogen-bond acceptors (Lipinski definition) is 2. The zero-order chi connectivity index (χ0) is 18.5. The lowest BCUT2D eigenvalue weighted by atomic mass is 9.94. The molecule has 6 heteroatoms. The quantitative estimate of drug-likeness (QED) is 0.564. The molecular weight excluding hydrogens is 319 g/mol. The molecule has 1 aliphatic rings. The topological polar surface area (TPSA) is 37.4 Å². The largest absolute Gasteiger partial charge is 0.406 e. The van der Waals surface area contributed by atoms with Gasteiger partial charge in [0.25, 0.3) is 11.8 Å². The second kappa shape index (κ2) is 7.59. The van der Waals surface area contributed by atoms with E-state index in [0.717, 1.165) is 0 Å². The zero-order valence-electron chi connectivity index (χ0n) is 12.9. The van der Waals surface area contributed by atoms with Crippen LogP contribution >= 0.6 is 0 Å². The van der Waals surface area contributed by atoms with Crippen LogP contribution in [0.1, 0.15) is 20.7 Å². The van der Waals surface area contributed by atoms with E-state index in [1.807, 2.05) is 0 Å². The molecule has 2 amide bonds. The van der Waals surface area contributed by atoms with Crippen LogP contribution in [-0.2, 0) is 0 Å². The van der Waals surface area contributed by atoms with Gasteiger partial charge in [0.15, 0.2) is 0 Å². The molecule has 1 aliphatic heterocycles. The fourth-order valence-electron chi connectivity index (χ4n) is 2.40. The minimum Gasteiger partial charge on any atom is -0.269 e. The Labute approximate surface area is 137 Å². The summed E-state index contributed by atoms with van der Waals surface area (Å²) in [6.45, 7) is 10.4. The fraction of sp³-hybridized carbons (Fsp3) is 0.111. The van der Waals surface area contributed by atoms with E-state index < -0.39 is 24.5 Å². The molecule has 0 aliphatic carbocycles. The highest BCUT2D eigenvalue weighted by Gasteiger charge is 2.40. The second-order valence-electron chi connectivity index (χ2n) is 4.52. The maximum absolute atomic E-state index is 12.5. The van der Waals surface area contributed by atoms with Crippen molar-refractivity contribution in [3.05, 3.63) is 73.8 Å². The summed E-state index contributed by atoms with van der Waals surface area (Å²) in [5.41, 5.74) is 0.254. The van der Waals surface area contributed by atoms with E-state index in [1.54, 1.807) is 24.3 Å². The van der Waals surface area contributed by atoms with E-state index in [1.165, 1.54) is 12.1 Å². The summed E-state index contributed by atoms with van der Waals surface area (Å²) in [5.74, 6) is -1.81. The van der Waals surface area contributed by atoms with Gasteiger partial charge in [0.1, 0.15) is 6.54 Å². The average molecular weight is 335 g/mol. The number of carbonyl (C=O) groups is 2. The first-order chi connectivity index (χ1) is 11.4. The van der Waals surface area contributed by atoms with Crippen molar-refractivity contribution in [3.63, 3.8) is 0 Å². The third-order valence-electron chi connectivity index (χ3n) is 3.19. The van der Waals surface area contributed by atoms with Crippen molar-refractivity contribution in [2.45, 2.75) is 6.18 Å². The third-order valence-corrected chi connectivity index (χ3v) is 3.19. The number of carbonyl (C=O) groups excluding carboxylic acids is 2. The molecule has 24 heavy (non-hydrogen) atoms. The molecule has 0 saturated heterocycles. The van der Waals surface area contributed by atoms with Gasteiger partial charge in [0.05, 0.1) is 0 Å². The molecule has 0 spiro atoms. The molecule has 126 valence electrons. The van der Waals surface area contributed by atoms with Crippen LogP contribution < -0.4 is 0 Å². The Balaban J connectivity index is 0.000000671. The number of rotatable bonds is 1. The summed E-state index contributed by atoms with van der Waals surface area (Å²) in [4.78, 5) is 24.4. The van der Waals surface area contributed by atoms with Crippen molar-refractivity contribution in [2.75, 3.05) is 6.54 Å². The standard InChI is InChI=1S/C14H8F3NO2.2C2H4/c15-14(16,17)7-18-12(19)9-5-1-3-8-4-2-6-10(11(8)9)13(18)20;2*1-2/h1-6H,7H2;2*1-2H2. The van der Waals surface area contributed by atoms with Gasteiger partial charge in [-0.1, -0.05) is 24.3 Å². The van der Waals surface area contributed by atoms with Crippen LogP contribution in [0.2, 0.25) is 0 Å². The Hall–Kier alpha value is -2.89. The third kappa shape index (κ3) is 3.53. The van der Waals surface area contributed by atoms with Gasteiger partial charge in [-0.15, -0.1) is 26.3 Å². The van der Waals surface area contributed by atoms with Crippen LogP contribution in [0.5, 0.6) is 0 Å². The SMILES string of the molecule is C=C.C=C.O=C1c2cccc3cccc(c23)C(=O)N1CC(F)(F)F. The van der Waals surface area contributed by atoms with Gasteiger partial charge in [-0.2, -0.15) is 13.2 Å². The van der Waals surface area contributed by atoms with Crippen molar-refractivity contribution >= 4 is 22.6 Å². The Morgan fingerprint density at radius 1 is 0.833 bits per heavy atom. The lowest BCUT2D eigenvalue weighted by Crippen LogP contribution is -2.45. The van der Waals surface area contributed by atoms with E-state index >= 15 is 0 Å². The van der Waals surface area contributed by atoms with Crippen LogP contribution in [0.15, 0.2) is 62.7 Å². The van der Waals surface area contributed by atoms with Crippen LogP contribution in [-0.4, -0.2) is 29.4 Å². The molecule has 0 atom stereocenters. The number of halogens is 3. The summed E-state index contributed by atoms with van der Waals surface area (Å²) in [5, 5.41) is 1.08. The summed E-state index contributed by atoms with van der Waals surface area (Å²) in [7, 11) is 0. The molecule has 0 N–H and O–H groups in total. The van der Waals surface area contributed by atoms with Crippen molar-refractivity contribution in [3.8, 4) is 0 Å². The molecule has 3 nitrogen and oxygen atoms in total. The molecule has 2 aromatic rings. The maximum atomic E-state index is 12.5. The summed E-state index contributed by atoms with van der Waals surface area (Å²) in [6, 6.07) is 9.46. The van der Waals surface area contributed by atoms with Crippen molar-refractivity contribution in [2.24, 2.45) is 0 Å². The predicted molar refractivity (Wildman–Crippen MR) is 87.9 cm³/mol. The van der Waals surface area contributed by atoms with E-state index in [9.17, 15) is 22.8 Å². The number of nitrogens with zero attached hydrogens (tertiary/aromatic N) is 1. The van der Waals surface area contributed by atoms with Gasteiger partial charge in [-0.25, -0.2) is 0 Å². The highest BCUT2D eigenvalue weighted by atomic mass is 19.4. The lowest BCUT2D eigenvalue weighted by molar-refractivity contribution is -0.136. The minimum absolute atomic E-state index is 0.127. The highest BCUT2D eigenvalue weighted by Crippen LogP contribution is 2.31. The van der Waals surface area contributed by atoms with Crippen molar-refractivity contribution in [1.82, 2.24) is 4.90 Å². The average Bonchev–Trinajstić information content (AvgIpc) is 2.59. The van der Waals surface area contributed by atoms with Crippen molar-refractivity contribution < 1.29 is 22.8 Å².